The second kappa shape index (κ2) is 9.42. The maximum absolute atomic E-state index is 13.2. The van der Waals surface area contributed by atoms with Gasteiger partial charge in [-0.05, 0) is 38.0 Å². The van der Waals surface area contributed by atoms with E-state index in [1.54, 1.807) is 24.3 Å². The van der Waals surface area contributed by atoms with Crippen molar-refractivity contribution < 1.29 is 9.53 Å². The number of nitrogens with zero attached hydrogens (tertiary/aromatic N) is 3. The fourth-order valence-electron chi connectivity index (χ4n) is 3.09. The van der Waals surface area contributed by atoms with Gasteiger partial charge in [-0.15, -0.1) is 0 Å². The number of hydrogen-bond acceptors (Lipinski definition) is 5. The molecule has 0 aliphatic heterocycles. The summed E-state index contributed by atoms with van der Waals surface area (Å²) in [5.41, 5.74) is 0.458. The number of nitrogens with one attached hydrogen (secondary N) is 1. The summed E-state index contributed by atoms with van der Waals surface area (Å²) in [6.45, 7) is 5.71. The number of methoxy groups -OCH3 is 1. The Labute approximate surface area is 180 Å². The Hall–Kier alpha value is -3.68. The van der Waals surface area contributed by atoms with Crippen LogP contribution in [-0.4, -0.2) is 33.4 Å². The van der Waals surface area contributed by atoms with Gasteiger partial charge in [-0.1, -0.05) is 42.8 Å². The van der Waals surface area contributed by atoms with Gasteiger partial charge < -0.3 is 10.1 Å². The number of ether oxygens (including phenoxy) is 1. The maximum Gasteiger partial charge on any atom is 0.352 e. The molecule has 3 rings (SSSR count). The number of benzene rings is 2. The molecule has 0 aliphatic carbocycles. The van der Waals surface area contributed by atoms with Crippen LogP contribution in [-0.2, 0) is 6.54 Å². The lowest BCUT2D eigenvalue weighted by Crippen LogP contribution is -2.47. The lowest BCUT2D eigenvalue weighted by atomic mass is 10.1. The Kier molecular flexibility index (Phi) is 6.69. The molecule has 1 amide bonds. The number of amides is 1. The first-order valence-corrected chi connectivity index (χ1v) is 10.1. The second-order valence-corrected chi connectivity index (χ2v) is 7.41. The van der Waals surface area contributed by atoms with E-state index >= 15 is 0 Å². The molecule has 8 nitrogen and oxygen atoms in total. The average molecular weight is 422 g/mol. The van der Waals surface area contributed by atoms with Gasteiger partial charge in [-0.25, -0.2) is 4.79 Å². The lowest BCUT2D eigenvalue weighted by molar-refractivity contribution is 0.0929. The molecule has 1 atom stereocenters. The summed E-state index contributed by atoms with van der Waals surface area (Å²) >= 11 is 0. The molecule has 1 heterocycles. The van der Waals surface area contributed by atoms with Gasteiger partial charge in [0.05, 0.1) is 19.3 Å². The van der Waals surface area contributed by atoms with Crippen molar-refractivity contribution in [2.75, 3.05) is 7.11 Å². The number of aromatic nitrogens is 3. The first kappa shape index (κ1) is 22.0. The molecule has 1 N–H and O–H groups in total. The molecule has 3 aromatic rings. The fraction of sp³-hybridized carbons (Fsp3) is 0.304. The Morgan fingerprint density at radius 1 is 1.16 bits per heavy atom. The van der Waals surface area contributed by atoms with Crippen LogP contribution in [0.4, 0.5) is 0 Å². The van der Waals surface area contributed by atoms with Crippen molar-refractivity contribution in [3.05, 3.63) is 86.2 Å². The van der Waals surface area contributed by atoms with Gasteiger partial charge >= 0.3 is 5.69 Å². The lowest BCUT2D eigenvalue weighted by Gasteiger charge is -2.15. The van der Waals surface area contributed by atoms with Gasteiger partial charge in [0.2, 0.25) is 5.69 Å². The Morgan fingerprint density at radius 2 is 1.90 bits per heavy atom. The molecular weight excluding hydrogens is 396 g/mol. The average Bonchev–Trinajstić information content (AvgIpc) is 2.76. The van der Waals surface area contributed by atoms with Crippen molar-refractivity contribution >= 4 is 5.91 Å². The SMILES string of the molecule is CC[C@H](C)NC(=O)c1nn(-c2cccc(OC)c2)c(=O)n(Cc2cccc(C)c2)c1=O. The first-order chi connectivity index (χ1) is 14.8. The third-order valence-corrected chi connectivity index (χ3v) is 4.99. The van der Waals surface area contributed by atoms with Crippen LogP contribution < -0.4 is 21.3 Å². The van der Waals surface area contributed by atoms with Crippen molar-refractivity contribution in [1.82, 2.24) is 19.7 Å². The summed E-state index contributed by atoms with van der Waals surface area (Å²) in [7, 11) is 1.51. The molecule has 1 aromatic heterocycles. The smallest absolute Gasteiger partial charge is 0.352 e. The van der Waals surface area contributed by atoms with E-state index in [1.165, 1.54) is 7.11 Å². The van der Waals surface area contributed by atoms with E-state index in [-0.39, 0.29) is 18.3 Å². The van der Waals surface area contributed by atoms with Crippen LogP contribution in [0.25, 0.3) is 5.69 Å². The van der Waals surface area contributed by atoms with Crippen molar-refractivity contribution in [1.29, 1.82) is 0 Å². The predicted octanol–water partition coefficient (Wildman–Crippen LogP) is 2.29. The van der Waals surface area contributed by atoms with Gasteiger partial charge in [0.1, 0.15) is 5.75 Å². The number of carbonyl (C=O) groups is 1. The minimum atomic E-state index is -0.730. The molecule has 0 fully saturated rings. The summed E-state index contributed by atoms with van der Waals surface area (Å²) in [4.78, 5) is 39.1. The monoisotopic (exact) mass is 422 g/mol. The molecule has 8 heteroatoms. The van der Waals surface area contributed by atoms with Crippen molar-refractivity contribution in [3.8, 4) is 11.4 Å². The zero-order chi connectivity index (χ0) is 22.5. The quantitative estimate of drug-likeness (QED) is 0.630. The van der Waals surface area contributed by atoms with E-state index in [9.17, 15) is 14.4 Å². The molecule has 0 aliphatic rings. The first-order valence-electron chi connectivity index (χ1n) is 10.1. The third kappa shape index (κ3) is 4.91. The second-order valence-electron chi connectivity index (χ2n) is 7.41. The summed E-state index contributed by atoms with van der Waals surface area (Å²) < 4.78 is 7.33. The molecule has 0 radical (unpaired) electrons. The number of aryl methyl sites for hydroxylation is 1. The van der Waals surface area contributed by atoms with Crippen LogP contribution in [0.15, 0.2) is 58.1 Å². The van der Waals surface area contributed by atoms with Gasteiger partial charge in [0.25, 0.3) is 11.5 Å². The van der Waals surface area contributed by atoms with Crippen LogP contribution in [0, 0.1) is 6.92 Å². The highest BCUT2D eigenvalue weighted by atomic mass is 16.5. The van der Waals surface area contributed by atoms with E-state index in [2.05, 4.69) is 10.4 Å². The van der Waals surface area contributed by atoms with E-state index in [0.29, 0.717) is 17.9 Å². The molecule has 2 aromatic carbocycles. The van der Waals surface area contributed by atoms with Gasteiger partial charge in [0, 0.05) is 12.1 Å². The number of rotatable bonds is 7. The van der Waals surface area contributed by atoms with E-state index in [4.69, 9.17) is 4.74 Å². The minimum absolute atomic E-state index is 0.0233. The standard InChI is InChI=1S/C23H26N4O4/c1-5-16(3)24-21(28)20-22(29)26(14-17-9-6-8-15(2)12-17)23(30)27(25-20)18-10-7-11-19(13-18)31-4/h6-13,16H,5,14H2,1-4H3,(H,24,28)/t16-/m0/s1. The van der Waals surface area contributed by atoms with Crippen LogP contribution in [0.5, 0.6) is 5.75 Å². The normalized spacial score (nSPS) is 11.7. The van der Waals surface area contributed by atoms with Crippen molar-refractivity contribution in [2.45, 2.75) is 39.8 Å². The fourth-order valence-corrected chi connectivity index (χ4v) is 3.09. The van der Waals surface area contributed by atoms with Crippen LogP contribution >= 0.6 is 0 Å². The molecule has 31 heavy (non-hydrogen) atoms. The molecule has 0 saturated heterocycles. The topological polar surface area (TPSA) is 95.2 Å². The largest absolute Gasteiger partial charge is 0.497 e. The van der Waals surface area contributed by atoms with Crippen LogP contribution in [0.2, 0.25) is 0 Å². The molecule has 0 spiro atoms. The van der Waals surface area contributed by atoms with Crippen LogP contribution in [0.3, 0.4) is 0 Å². The molecule has 0 saturated carbocycles. The number of hydrogen-bond donors (Lipinski definition) is 1. The van der Waals surface area contributed by atoms with Gasteiger partial charge in [-0.3, -0.25) is 14.2 Å². The van der Waals surface area contributed by atoms with E-state index in [1.807, 2.05) is 45.0 Å². The Morgan fingerprint density at radius 3 is 2.58 bits per heavy atom. The highest BCUT2D eigenvalue weighted by Gasteiger charge is 2.21. The zero-order valence-electron chi connectivity index (χ0n) is 18.1. The highest BCUT2D eigenvalue weighted by molar-refractivity contribution is 5.91. The highest BCUT2D eigenvalue weighted by Crippen LogP contribution is 2.14. The Bertz CT molecular complexity index is 1210. The molecular formula is C23H26N4O4. The summed E-state index contributed by atoms with van der Waals surface area (Å²) in [5.74, 6) is -0.0952. The van der Waals surface area contributed by atoms with Gasteiger partial charge in [0.15, 0.2) is 0 Å². The van der Waals surface area contributed by atoms with Gasteiger partial charge in [-0.2, -0.15) is 9.78 Å². The molecule has 0 unspecified atom stereocenters. The molecule has 0 bridgehead atoms. The summed E-state index contributed by atoms with van der Waals surface area (Å²) in [6, 6.07) is 14.1. The third-order valence-electron chi connectivity index (χ3n) is 4.99. The zero-order valence-corrected chi connectivity index (χ0v) is 18.1. The van der Waals surface area contributed by atoms with Crippen LogP contribution in [0.1, 0.15) is 41.9 Å². The maximum atomic E-state index is 13.2. The van der Waals surface area contributed by atoms with Crippen molar-refractivity contribution in [3.63, 3.8) is 0 Å². The summed E-state index contributed by atoms with van der Waals surface area (Å²) in [6.07, 6.45) is 0.693. The van der Waals surface area contributed by atoms with Crippen molar-refractivity contribution in [2.24, 2.45) is 0 Å². The van der Waals surface area contributed by atoms with E-state index < -0.39 is 17.2 Å². The summed E-state index contributed by atoms with van der Waals surface area (Å²) in [5, 5.41) is 6.88. The number of carbonyl (C=O) groups excluding carboxylic acids is 1. The van der Waals surface area contributed by atoms with E-state index in [0.717, 1.165) is 20.4 Å². The predicted molar refractivity (Wildman–Crippen MR) is 118 cm³/mol. The molecule has 162 valence electrons. The Balaban J connectivity index is 2.20. The minimum Gasteiger partial charge on any atom is -0.497 e.